The first-order valence-electron chi connectivity index (χ1n) is 2.46. The quantitative estimate of drug-likeness (QED) is 0.449. The molecule has 1 radical (unpaired) electrons. The van der Waals surface area contributed by atoms with Gasteiger partial charge in [0.2, 0.25) is 0 Å². The molecule has 0 heterocycles. The molecule has 0 unspecified atom stereocenters. The summed E-state index contributed by atoms with van der Waals surface area (Å²) in [6, 6.07) is 0. The zero-order valence-corrected chi connectivity index (χ0v) is 8.08. The third kappa shape index (κ3) is 37.6. The standard InChI is InChI=1S/C4H8O2.BHO2.Ca/c1-2-3-4(5)6;2-1-3;/h2-3H2,1H3,(H,5,6);2H;/q;-1;+2/p-1. The van der Waals surface area contributed by atoms with E-state index in [-0.39, 0.29) is 51.8 Å². The predicted molar refractivity (Wildman–Crippen MR) is 33.6 cm³/mol. The van der Waals surface area contributed by atoms with Crippen LogP contribution in [-0.4, -0.2) is 56.4 Å². The van der Waals surface area contributed by atoms with E-state index < -0.39 is 5.97 Å². The summed E-state index contributed by atoms with van der Waals surface area (Å²) in [7, 11) is -0.250. The molecule has 0 amide bonds. The van der Waals surface area contributed by atoms with Crippen LogP contribution >= 0.6 is 0 Å². The van der Waals surface area contributed by atoms with Crippen molar-refractivity contribution in [3.8, 4) is 0 Å². The maximum Gasteiger partial charge on any atom is 2.00 e. The van der Waals surface area contributed by atoms with Crippen molar-refractivity contribution in [2.75, 3.05) is 0 Å². The van der Waals surface area contributed by atoms with Gasteiger partial charge in [-0.25, -0.2) is 0 Å². The largest absolute Gasteiger partial charge is 2.00 e. The number of carbonyl (C=O) groups is 1. The predicted octanol–water partition coefficient (Wildman–Crippen LogP) is -2.97. The fraction of sp³-hybridized carbons (Fsp3) is 0.750. The first-order valence-corrected chi connectivity index (χ1v) is 2.46. The van der Waals surface area contributed by atoms with Crippen LogP contribution in [0.15, 0.2) is 0 Å². The average Bonchev–Trinajstić information content (AvgIpc) is 1.67. The van der Waals surface area contributed by atoms with E-state index in [1.165, 1.54) is 0 Å². The second-order valence-corrected chi connectivity index (χ2v) is 1.23. The first kappa shape index (κ1) is 17.0. The normalized spacial score (nSPS) is 6.30. The summed E-state index contributed by atoms with van der Waals surface area (Å²) in [5.41, 5.74) is 0. The van der Waals surface area contributed by atoms with Crippen molar-refractivity contribution >= 4 is 51.4 Å². The van der Waals surface area contributed by atoms with Crippen LogP contribution in [-0.2, 0) is 4.79 Å². The molecule has 53 valence electrons. The summed E-state index contributed by atoms with van der Waals surface area (Å²) in [4.78, 5) is 9.49. The van der Waals surface area contributed by atoms with Gasteiger partial charge in [-0.2, -0.15) is 0 Å². The van der Waals surface area contributed by atoms with Gasteiger partial charge in [-0.15, -0.1) is 0 Å². The van der Waals surface area contributed by atoms with Gasteiger partial charge in [0.05, 0.1) is 0 Å². The van der Waals surface area contributed by atoms with Gasteiger partial charge in [-0.1, -0.05) is 13.3 Å². The molecule has 0 aliphatic carbocycles. The Hall–Kier alpha value is 0.715. The summed E-state index contributed by atoms with van der Waals surface area (Å²) in [5, 5.41) is 24.7. The van der Waals surface area contributed by atoms with Crippen LogP contribution in [0.1, 0.15) is 19.8 Å². The average molecular weight is 171 g/mol. The van der Waals surface area contributed by atoms with Gasteiger partial charge >= 0.3 is 37.7 Å². The number of carbonyl (C=O) groups excluding carboxylic acids is 1. The number of hydrogen-bond acceptors (Lipinski definition) is 4. The topological polar surface area (TPSA) is 83.4 Å². The summed E-state index contributed by atoms with van der Waals surface area (Å²) < 4.78 is 0. The molecule has 0 aliphatic rings. The van der Waals surface area contributed by atoms with Crippen molar-refractivity contribution in [2.45, 2.75) is 19.8 Å². The molecule has 0 atom stereocenters. The minimum absolute atomic E-state index is 0. The van der Waals surface area contributed by atoms with E-state index in [1.807, 2.05) is 0 Å². The van der Waals surface area contributed by atoms with Crippen molar-refractivity contribution in [3.05, 3.63) is 0 Å². The molecule has 10 heavy (non-hydrogen) atoms. The molecule has 4 nitrogen and oxygen atoms in total. The third-order valence-electron chi connectivity index (χ3n) is 0.454. The SMILES string of the molecule is CCCC(=O)[O-].[Ca+2].[O-][B]O. The number of carboxylic acids is 1. The molecule has 0 saturated carbocycles. The first-order chi connectivity index (χ1) is 4.18. The Balaban J connectivity index is -0.000000107. The fourth-order valence-electron chi connectivity index (χ4n) is 0.204. The molecular weight excluding hydrogens is 163 g/mol. The zero-order chi connectivity index (χ0) is 7.70. The van der Waals surface area contributed by atoms with Crippen molar-refractivity contribution in [1.82, 2.24) is 0 Å². The second kappa shape index (κ2) is 16.4. The van der Waals surface area contributed by atoms with Crippen molar-refractivity contribution < 1.29 is 19.9 Å². The smallest absolute Gasteiger partial charge is 0.861 e. The molecule has 0 aliphatic heterocycles. The van der Waals surface area contributed by atoms with Gasteiger partial charge < -0.3 is 19.9 Å². The summed E-state index contributed by atoms with van der Waals surface area (Å²) in [5.74, 6) is -0.961. The van der Waals surface area contributed by atoms with Crippen LogP contribution < -0.4 is 10.1 Å². The molecule has 0 aromatic heterocycles. The number of aliphatic carboxylic acids is 1. The monoisotopic (exact) mass is 171 g/mol. The van der Waals surface area contributed by atoms with Crippen LogP contribution in [0.5, 0.6) is 0 Å². The molecule has 1 N–H and O–H groups in total. The van der Waals surface area contributed by atoms with E-state index in [0.717, 1.165) is 0 Å². The maximum absolute atomic E-state index is 9.49. The van der Waals surface area contributed by atoms with Gasteiger partial charge in [-0.05, 0) is 6.42 Å². The molecule has 0 bridgehead atoms. The zero-order valence-electron chi connectivity index (χ0n) is 5.87. The number of carboxylic acid groups (broad SMARTS) is 1. The Morgan fingerprint density at radius 1 is 1.70 bits per heavy atom. The molecule has 0 aromatic rings. The fourth-order valence-corrected chi connectivity index (χ4v) is 0.204. The third-order valence-corrected chi connectivity index (χ3v) is 0.454. The maximum atomic E-state index is 9.49. The minimum atomic E-state index is -0.961. The molecule has 6 heteroatoms. The van der Waals surface area contributed by atoms with E-state index in [0.29, 0.717) is 6.42 Å². The Morgan fingerprint density at radius 3 is 2.00 bits per heavy atom. The molecule has 0 fully saturated rings. The molecule has 0 aromatic carbocycles. The van der Waals surface area contributed by atoms with E-state index in [4.69, 9.17) is 10.0 Å². The van der Waals surface area contributed by atoms with E-state index in [1.54, 1.807) is 6.92 Å². The summed E-state index contributed by atoms with van der Waals surface area (Å²) in [6.45, 7) is 1.80. The Kier molecular flexibility index (Phi) is 27.8. The number of rotatable bonds is 2. The molecule has 0 spiro atoms. The van der Waals surface area contributed by atoms with Crippen molar-refractivity contribution in [3.63, 3.8) is 0 Å². The van der Waals surface area contributed by atoms with Gasteiger partial charge in [0, 0.05) is 5.97 Å². The van der Waals surface area contributed by atoms with Gasteiger partial charge in [0.25, 0.3) is 0 Å². The molecule has 0 rings (SSSR count). The van der Waals surface area contributed by atoms with Crippen molar-refractivity contribution in [1.29, 1.82) is 0 Å². The van der Waals surface area contributed by atoms with Crippen molar-refractivity contribution in [2.24, 2.45) is 0 Å². The van der Waals surface area contributed by atoms with Crippen LogP contribution in [0.25, 0.3) is 0 Å². The molecular formula is C4H8BCaO4. The number of hydrogen-bond donors (Lipinski definition) is 1. The van der Waals surface area contributed by atoms with Crippen LogP contribution in [0.2, 0.25) is 0 Å². The van der Waals surface area contributed by atoms with Crippen LogP contribution in [0.4, 0.5) is 0 Å². The van der Waals surface area contributed by atoms with Gasteiger partial charge in [0.15, 0.2) is 7.69 Å². The minimum Gasteiger partial charge on any atom is -0.861 e. The Morgan fingerprint density at radius 2 is 2.00 bits per heavy atom. The summed E-state index contributed by atoms with van der Waals surface area (Å²) >= 11 is 0. The second-order valence-electron chi connectivity index (χ2n) is 1.23. The van der Waals surface area contributed by atoms with E-state index in [9.17, 15) is 9.90 Å². The Labute approximate surface area is 90.6 Å². The van der Waals surface area contributed by atoms with E-state index in [2.05, 4.69) is 0 Å². The Bertz CT molecular complexity index is 70.3. The van der Waals surface area contributed by atoms with Gasteiger partial charge in [-0.3, -0.25) is 0 Å². The van der Waals surface area contributed by atoms with Gasteiger partial charge in [0.1, 0.15) is 0 Å². The van der Waals surface area contributed by atoms with E-state index >= 15 is 0 Å². The van der Waals surface area contributed by atoms with Crippen LogP contribution in [0, 0.1) is 0 Å². The summed E-state index contributed by atoms with van der Waals surface area (Å²) in [6.07, 6.45) is 0.850. The van der Waals surface area contributed by atoms with Crippen LogP contribution in [0.3, 0.4) is 0 Å². The molecule has 0 saturated heterocycles.